The largest absolute Gasteiger partial charge is 0.390 e. The third kappa shape index (κ3) is 15.9. The number of hydrogen-bond donors (Lipinski definition) is 1. The van der Waals surface area contributed by atoms with Crippen LogP contribution in [0.1, 0.15) is 94.9 Å². The van der Waals surface area contributed by atoms with Gasteiger partial charge in [0, 0.05) is 13.0 Å². The van der Waals surface area contributed by atoms with Crippen LogP contribution in [0, 0.1) is 11.8 Å². The molecular weight excluding hydrogens is 524 g/mol. The van der Waals surface area contributed by atoms with Gasteiger partial charge in [0.2, 0.25) is 0 Å². The van der Waals surface area contributed by atoms with Gasteiger partial charge in [0.15, 0.2) is 0 Å². The van der Waals surface area contributed by atoms with Gasteiger partial charge in [-0.15, -0.1) is 0 Å². The Morgan fingerprint density at radius 2 is 1.21 bits per heavy atom. The number of hydrogen-bond acceptors (Lipinski definition) is 2. The SMILES string of the molecule is COC(C)(C)[C@H]1CC[C@](C)(O)[C@@H]1/C=C/C(C)=C/C=C/C(C)=C/C=C/C=C(C)/C=C/C=C(C)/C=C/C=C(\C)CCC=C(C)C. The summed E-state index contributed by atoms with van der Waals surface area (Å²) in [6.07, 6.45) is 38.1. The van der Waals surface area contributed by atoms with Gasteiger partial charge in [-0.3, -0.25) is 0 Å². The van der Waals surface area contributed by atoms with E-state index in [2.05, 4.69) is 160 Å². The van der Waals surface area contributed by atoms with E-state index in [4.69, 9.17) is 4.74 Å². The van der Waals surface area contributed by atoms with Gasteiger partial charge in [-0.25, -0.2) is 0 Å². The van der Waals surface area contributed by atoms with Crippen molar-refractivity contribution in [2.24, 2.45) is 11.8 Å². The maximum Gasteiger partial charge on any atom is 0.0686 e. The quantitative estimate of drug-likeness (QED) is 0.153. The van der Waals surface area contributed by atoms with Gasteiger partial charge >= 0.3 is 0 Å². The van der Waals surface area contributed by atoms with Crippen LogP contribution in [0.25, 0.3) is 0 Å². The molecule has 1 fully saturated rings. The van der Waals surface area contributed by atoms with E-state index in [1.165, 1.54) is 27.9 Å². The number of rotatable bonds is 15. The lowest BCUT2D eigenvalue weighted by atomic mass is 9.78. The van der Waals surface area contributed by atoms with Crippen LogP contribution in [0.2, 0.25) is 0 Å². The van der Waals surface area contributed by atoms with E-state index < -0.39 is 5.60 Å². The monoisotopic (exact) mass is 584 g/mol. The Bertz CT molecular complexity index is 1210. The molecule has 0 spiro atoms. The molecule has 1 aliphatic carbocycles. The van der Waals surface area contributed by atoms with E-state index in [0.29, 0.717) is 5.92 Å². The highest BCUT2D eigenvalue weighted by atomic mass is 16.5. The fourth-order valence-electron chi connectivity index (χ4n) is 5.13. The average molecular weight is 585 g/mol. The highest BCUT2D eigenvalue weighted by Crippen LogP contribution is 2.47. The lowest BCUT2D eigenvalue weighted by molar-refractivity contribution is -0.0566. The molecule has 0 bridgehead atoms. The van der Waals surface area contributed by atoms with Gasteiger partial charge in [0.05, 0.1) is 11.2 Å². The van der Waals surface area contributed by atoms with Crippen LogP contribution in [0.15, 0.2) is 131 Å². The van der Waals surface area contributed by atoms with Gasteiger partial charge in [0.1, 0.15) is 0 Å². The molecule has 1 rings (SSSR count). The zero-order valence-electron chi connectivity index (χ0n) is 29.1. The number of methoxy groups -OCH3 is 1. The lowest BCUT2D eigenvalue weighted by Crippen LogP contribution is -2.40. The Balaban J connectivity index is 2.64. The Morgan fingerprint density at radius 3 is 1.70 bits per heavy atom. The minimum Gasteiger partial charge on any atom is -0.390 e. The molecule has 3 atom stereocenters. The minimum atomic E-state index is -0.698. The molecule has 1 N–H and O–H groups in total. The van der Waals surface area contributed by atoms with E-state index in [-0.39, 0.29) is 11.5 Å². The minimum absolute atomic E-state index is 0.0733. The standard InChI is InChI=1S/C41H60O2/c1-32(2)18-14-21-35(5)24-16-26-36(6)25-15-22-33(3)19-12-13-20-34(4)23-17-27-37(7)28-29-39-38(40(8,9)43-11)30-31-41(39,10)42/h12-13,15-20,22-29,38-39,42H,14,21,30-31H2,1-11H3/b13-12+,22-15+,23-17+,26-16+,29-28+,33-19+,34-20+,35-24+,36-25+,37-27+/t38-,39+,41-/m0/s1. The molecule has 0 radical (unpaired) electrons. The molecule has 0 aromatic heterocycles. The molecule has 0 unspecified atom stereocenters. The molecule has 0 aromatic carbocycles. The molecule has 1 aliphatic rings. The van der Waals surface area contributed by atoms with Gasteiger partial charge in [-0.05, 0) is 101 Å². The summed E-state index contributed by atoms with van der Waals surface area (Å²) in [5, 5.41) is 11.0. The summed E-state index contributed by atoms with van der Waals surface area (Å²) in [5.41, 5.74) is 6.58. The van der Waals surface area contributed by atoms with Crippen LogP contribution in [-0.2, 0) is 4.74 Å². The summed E-state index contributed by atoms with van der Waals surface area (Å²) >= 11 is 0. The van der Waals surface area contributed by atoms with Crippen LogP contribution in [0.4, 0.5) is 0 Å². The molecule has 0 saturated heterocycles. The van der Waals surface area contributed by atoms with Crippen molar-refractivity contribution < 1.29 is 9.84 Å². The number of aliphatic hydroxyl groups is 1. The average Bonchev–Trinajstić information content (AvgIpc) is 3.24. The fourth-order valence-corrected chi connectivity index (χ4v) is 5.13. The van der Waals surface area contributed by atoms with Gasteiger partial charge in [-0.2, -0.15) is 0 Å². The van der Waals surface area contributed by atoms with Crippen molar-refractivity contribution in [1.29, 1.82) is 0 Å². The highest BCUT2D eigenvalue weighted by Gasteiger charge is 2.48. The molecule has 0 aromatic rings. The molecular formula is C41H60O2. The summed E-state index contributed by atoms with van der Waals surface area (Å²) in [6, 6.07) is 0. The van der Waals surface area contributed by atoms with Crippen molar-refractivity contribution in [2.45, 2.75) is 106 Å². The predicted molar refractivity (Wildman–Crippen MR) is 191 cm³/mol. The fraction of sp³-hybridized carbons (Fsp3) is 0.463. The predicted octanol–water partition coefficient (Wildman–Crippen LogP) is 11.4. The second kappa shape index (κ2) is 19.4. The van der Waals surface area contributed by atoms with Crippen LogP contribution < -0.4 is 0 Å². The summed E-state index contributed by atoms with van der Waals surface area (Å²) in [7, 11) is 1.76. The Morgan fingerprint density at radius 1 is 0.744 bits per heavy atom. The summed E-state index contributed by atoms with van der Waals surface area (Å²) in [4.78, 5) is 0. The topological polar surface area (TPSA) is 29.5 Å². The summed E-state index contributed by atoms with van der Waals surface area (Å²) < 4.78 is 5.76. The lowest BCUT2D eigenvalue weighted by Gasteiger charge is -2.36. The van der Waals surface area contributed by atoms with E-state index in [0.717, 1.165) is 31.3 Å². The summed E-state index contributed by atoms with van der Waals surface area (Å²) in [6.45, 7) is 21.1. The van der Waals surface area contributed by atoms with E-state index >= 15 is 0 Å². The zero-order valence-corrected chi connectivity index (χ0v) is 29.1. The highest BCUT2D eigenvalue weighted by molar-refractivity contribution is 5.32. The molecule has 0 amide bonds. The molecule has 2 nitrogen and oxygen atoms in total. The second-order valence-corrected chi connectivity index (χ2v) is 13.1. The van der Waals surface area contributed by atoms with Gasteiger partial charge in [0.25, 0.3) is 0 Å². The van der Waals surface area contributed by atoms with Crippen molar-refractivity contribution in [3.63, 3.8) is 0 Å². The first-order valence-corrected chi connectivity index (χ1v) is 15.8. The van der Waals surface area contributed by atoms with Crippen molar-refractivity contribution >= 4 is 0 Å². The Kier molecular flexibility index (Phi) is 17.1. The molecule has 0 heterocycles. The number of allylic oxidation sites excluding steroid dienone is 21. The molecule has 236 valence electrons. The first kappa shape index (κ1) is 38.1. The number of ether oxygens (including phenoxy) is 1. The van der Waals surface area contributed by atoms with Gasteiger partial charge < -0.3 is 9.84 Å². The maximum atomic E-state index is 11.0. The molecule has 2 heteroatoms. The zero-order chi connectivity index (χ0) is 32.5. The first-order chi connectivity index (χ1) is 20.2. The molecule has 1 saturated carbocycles. The van der Waals surface area contributed by atoms with Crippen LogP contribution in [0.3, 0.4) is 0 Å². The van der Waals surface area contributed by atoms with E-state index in [1.54, 1.807) is 7.11 Å². The second-order valence-electron chi connectivity index (χ2n) is 13.1. The van der Waals surface area contributed by atoms with Crippen molar-refractivity contribution in [2.75, 3.05) is 7.11 Å². The third-order valence-corrected chi connectivity index (χ3v) is 8.20. The van der Waals surface area contributed by atoms with Crippen molar-refractivity contribution in [3.8, 4) is 0 Å². The first-order valence-electron chi connectivity index (χ1n) is 15.8. The maximum absolute atomic E-state index is 11.0. The van der Waals surface area contributed by atoms with Crippen molar-refractivity contribution in [3.05, 3.63) is 131 Å². The van der Waals surface area contributed by atoms with Gasteiger partial charge in [-0.1, -0.05) is 131 Å². The molecule has 0 aliphatic heterocycles. The summed E-state index contributed by atoms with van der Waals surface area (Å²) in [5.74, 6) is 0.365. The molecule has 43 heavy (non-hydrogen) atoms. The normalized spacial score (nSPS) is 23.8. The van der Waals surface area contributed by atoms with Crippen LogP contribution >= 0.6 is 0 Å². The Labute approximate surface area is 265 Å². The van der Waals surface area contributed by atoms with Crippen LogP contribution in [0.5, 0.6) is 0 Å². The van der Waals surface area contributed by atoms with E-state index in [1.807, 2.05) is 6.92 Å². The van der Waals surface area contributed by atoms with Crippen LogP contribution in [-0.4, -0.2) is 23.4 Å². The van der Waals surface area contributed by atoms with E-state index in [9.17, 15) is 5.11 Å². The Hall–Kier alpha value is -2.94. The van der Waals surface area contributed by atoms with Crippen molar-refractivity contribution in [1.82, 2.24) is 0 Å². The smallest absolute Gasteiger partial charge is 0.0686 e. The third-order valence-electron chi connectivity index (χ3n) is 8.20.